The van der Waals surface area contributed by atoms with Crippen LogP contribution in [0.3, 0.4) is 0 Å². The smallest absolute Gasteiger partial charge is 0.266 e. The third-order valence-corrected chi connectivity index (χ3v) is 7.79. The minimum atomic E-state index is -0.127. The molecule has 1 saturated heterocycles. The van der Waals surface area contributed by atoms with Crippen molar-refractivity contribution in [2.45, 2.75) is 39.2 Å². The number of methoxy groups -OCH3 is 1. The van der Waals surface area contributed by atoms with Crippen molar-refractivity contribution in [3.05, 3.63) is 93.3 Å². The lowest BCUT2D eigenvalue weighted by molar-refractivity contribution is -0.122. The highest BCUT2D eigenvalue weighted by Crippen LogP contribution is 2.39. The molecule has 0 spiro atoms. The third-order valence-electron chi connectivity index (χ3n) is 6.13. The van der Waals surface area contributed by atoms with Gasteiger partial charge in [-0.15, -0.1) is 0 Å². The van der Waals surface area contributed by atoms with Crippen molar-refractivity contribution in [3.63, 3.8) is 0 Å². The summed E-state index contributed by atoms with van der Waals surface area (Å²) in [5.74, 6) is 1.66. The van der Waals surface area contributed by atoms with Gasteiger partial charge in [-0.2, -0.15) is 0 Å². The summed E-state index contributed by atoms with van der Waals surface area (Å²) < 4.78 is 17.9. The van der Waals surface area contributed by atoms with Gasteiger partial charge in [0.1, 0.15) is 10.1 Å². The van der Waals surface area contributed by atoms with Crippen LogP contribution in [0.2, 0.25) is 5.02 Å². The molecular weight excluding hydrogens is 550 g/mol. The highest BCUT2D eigenvalue weighted by atomic mass is 35.5. The van der Waals surface area contributed by atoms with Crippen LogP contribution in [-0.4, -0.2) is 35.5 Å². The molecule has 0 radical (unpaired) electrons. The normalized spacial score (nSPS) is 14.7. The number of nitrogens with zero attached hydrogens (tertiary/aromatic N) is 1. The zero-order valence-electron chi connectivity index (χ0n) is 22.5. The van der Waals surface area contributed by atoms with Crippen LogP contribution in [0.1, 0.15) is 43.9 Å². The monoisotopic (exact) mass is 581 g/mol. The summed E-state index contributed by atoms with van der Waals surface area (Å²) >= 11 is 13.3. The topological polar surface area (TPSA) is 48.0 Å². The first-order valence-corrected chi connectivity index (χ1v) is 14.3. The Bertz CT molecular complexity index is 1350. The lowest BCUT2D eigenvalue weighted by atomic mass is 9.87. The summed E-state index contributed by atoms with van der Waals surface area (Å²) in [5.41, 5.74) is 3.12. The fraction of sp³-hybridized carbons (Fsp3) is 0.290. The average molecular weight is 582 g/mol. The molecule has 3 aromatic carbocycles. The van der Waals surface area contributed by atoms with E-state index in [2.05, 4.69) is 32.9 Å². The van der Waals surface area contributed by atoms with Gasteiger partial charge < -0.3 is 14.2 Å². The average Bonchev–Trinajstić information content (AvgIpc) is 3.16. The number of amides is 1. The van der Waals surface area contributed by atoms with Gasteiger partial charge >= 0.3 is 0 Å². The summed E-state index contributed by atoms with van der Waals surface area (Å²) in [6.45, 7) is 7.92. The Morgan fingerprint density at radius 3 is 2.36 bits per heavy atom. The van der Waals surface area contributed by atoms with Gasteiger partial charge in [0.05, 0.1) is 36.8 Å². The largest absolute Gasteiger partial charge is 0.493 e. The fourth-order valence-electron chi connectivity index (χ4n) is 3.99. The Labute approximate surface area is 245 Å². The maximum atomic E-state index is 13.0. The Balaban J connectivity index is 1.35. The predicted molar refractivity (Wildman–Crippen MR) is 164 cm³/mol. The molecule has 0 bridgehead atoms. The highest BCUT2D eigenvalue weighted by Gasteiger charge is 2.32. The fourth-order valence-corrected chi connectivity index (χ4v) is 5.52. The van der Waals surface area contributed by atoms with Gasteiger partial charge in [-0.1, -0.05) is 98.8 Å². The zero-order valence-corrected chi connectivity index (χ0v) is 24.9. The van der Waals surface area contributed by atoms with Gasteiger partial charge in [-0.3, -0.25) is 9.69 Å². The first kappa shape index (κ1) is 29.0. The molecule has 0 aromatic heterocycles. The molecule has 8 heteroatoms. The van der Waals surface area contributed by atoms with E-state index in [0.29, 0.717) is 51.9 Å². The Kier molecular flexibility index (Phi) is 9.59. The summed E-state index contributed by atoms with van der Waals surface area (Å²) in [6.07, 6.45) is 2.45. The van der Waals surface area contributed by atoms with E-state index in [9.17, 15) is 4.79 Å². The van der Waals surface area contributed by atoms with Crippen LogP contribution in [0.5, 0.6) is 17.2 Å². The standard InChI is InChI=1S/C31H32ClNO4S2/c1-31(2,3)23-11-13-24(14-12-23)36-15-8-16-37-28-25(32)17-22(18-26(28)35-4)19-27-29(34)33(30(38)39-27)20-21-9-6-5-7-10-21/h5-7,9-14,17-19H,8,15-16,20H2,1-4H3/b27-19-. The van der Waals surface area contributed by atoms with Crippen molar-refractivity contribution in [2.24, 2.45) is 0 Å². The van der Waals surface area contributed by atoms with Crippen LogP contribution < -0.4 is 14.2 Å². The van der Waals surface area contributed by atoms with Crippen LogP contribution in [-0.2, 0) is 16.8 Å². The van der Waals surface area contributed by atoms with Crippen LogP contribution in [0.25, 0.3) is 6.08 Å². The van der Waals surface area contributed by atoms with Gasteiger partial charge in [0, 0.05) is 6.42 Å². The van der Waals surface area contributed by atoms with E-state index in [-0.39, 0.29) is 11.3 Å². The number of thiocarbonyl (C=S) groups is 1. The lowest BCUT2D eigenvalue weighted by Gasteiger charge is -2.19. The van der Waals surface area contributed by atoms with Gasteiger partial charge in [-0.05, 0) is 52.4 Å². The van der Waals surface area contributed by atoms with Crippen molar-refractivity contribution in [2.75, 3.05) is 20.3 Å². The lowest BCUT2D eigenvalue weighted by Crippen LogP contribution is -2.27. The summed E-state index contributed by atoms with van der Waals surface area (Å²) in [7, 11) is 1.56. The van der Waals surface area contributed by atoms with Crippen LogP contribution >= 0.6 is 35.6 Å². The molecule has 5 nitrogen and oxygen atoms in total. The van der Waals surface area contributed by atoms with Crippen LogP contribution in [0, 0.1) is 0 Å². The van der Waals surface area contributed by atoms with Gasteiger partial charge in [-0.25, -0.2) is 0 Å². The molecule has 1 aliphatic heterocycles. The van der Waals surface area contributed by atoms with E-state index in [0.717, 1.165) is 16.9 Å². The SMILES string of the molecule is COc1cc(/C=C2\SC(=S)N(Cc3ccccc3)C2=O)cc(Cl)c1OCCCOc1ccc(C(C)(C)C)cc1. The highest BCUT2D eigenvalue weighted by molar-refractivity contribution is 8.26. The molecule has 0 unspecified atom stereocenters. The van der Waals surface area contributed by atoms with Gasteiger partial charge in [0.2, 0.25) is 0 Å². The molecule has 1 amide bonds. The number of halogens is 1. The Hall–Kier alpha value is -3.00. The quantitative estimate of drug-likeness (QED) is 0.138. The molecule has 0 saturated carbocycles. The number of ether oxygens (including phenoxy) is 3. The molecule has 0 atom stereocenters. The first-order chi connectivity index (χ1) is 18.7. The predicted octanol–water partition coefficient (Wildman–Crippen LogP) is 7.90. The van der Waals surface area contributed by atoms with Gasteiger partial charge in [0.15, 0.2) is 11.5 Å². The molecule has 1 aliphatic rings. The van der Waals surface area contributed by atoms with E-state index in [1.165, 1.54) is 17.3 Å². The second-order valence-electron chi connectivity index (χ2n) is 10.1. The zero-order chi connectivity index (χ0) is 28.0. The molecule has 3 aromatic rings. The second kappa shape index (κ2) is 12.9. The number of benzene rings is 3. The maximum Gasteiger partial charge on any atom is 0.266 e. The van der Waals surface area contributed by atoms with E-state index in [1.807, 2.05) is 42.5 Å². The van der Waals surface area contributed by atoms with Crippen molar-refractivity contribution in [1.29, 1.82) is 0 Å². The summed E-state index contributed by atoms with van der Waals surface area (Å²) in [5, 5.41) is 0.402. The van der Waals surface area contributed by atoms with Crippen LogP contribution in [0.15, 0.2) is 71.6 Å². The number of hydrogen-bond donors (Lipinski definition) is 0. The number of carbonyl (C=O) groups excluding carboxylic acids is 1. The number of hydrogen-bond acceptors (Lipinski definition) is 6. The molecule has 0 aliphatic carbocycles. The van der Waals surface area contributed by atoms with Crippen molar-refractivity contribution in [3.8, 4) is 17.2 Å². The van der Waals surface area contributed by atoms with E-state index in [4.69, 9.17) is 38.0 Å². The summed E-state index contributed by atoms with van der Waals surface area (Å²) in [6, 6.07) is 21.5. The first-order valence-electron chi connectivity index (χ1n) is 12.7. The summed E-state index contributed by atoms with van der Waals surface area (Å²) in [4.78, 5) is 15.2. The maximum absolute atomic E-state index is 13.0. The van der Waals surface area contributed by atoms with E-state index < -0.39 is 0 Å². The number of carbonyl (C=O) groups is 1. The Morgan fingerprint density at radius 1 is 1.00 bits per heavy atom. The number of thioether (sulfide) groups is 1. The van der Waals surface area contributed by atoms with Crippen molar-refractivity contribution >= 4 is 51.9 Å². The molecule has 1 heterocycles. The molecule has 0 N–H and O–H groups in total. The molecular formula is C31H32ClNO4S2. The van der Waals surface area contributed by atoms with E-state index in [1.54, 1.807) is 30.2 Å². The van der Waals surface area contributed by atoms with Crippen LogP contribution in [0.4, 0.5) is 0 Å². The number of rotatable bonds is 10. The minimum Gasteiger partial charge on any atom is -0.493 e. The Morgan fingerprint density at radius 2 is 1.69 bits per heavy atom. The third kappa shape index (κ3) is 7.56. The van der Waals surface area contributed by atoms with E-state index >= 15 is 0 Å². The van der Waals surface area contributed by atoms with Crippen molar-refractivity contribution < 1.29 is 19.0 Å². The molecule has 39 heavy (non-hydrogen) atoms. The molecule has 4 rings (SSSR count). The minimum absolute atomic E-state index is 0.109. The molecule has 204 valence electrons. The van der Waals surface area contributed by atoms with Crippen molar-refractivity contribution in [1.82, 2.24) is 4.90 Å². The second-order valence-corrected chi connectivity index (χ2v) is 12.2. The molecule has 1 fully saturated rings. The van der Waals surface area contributed by atoms with Gasteiger partial charge in [0.25, 0.3) is 5.91 Å².